The van der Waals surface area contributed by atoms with E-state index in [2.05, 4.69) is 4.98 Å². The van der Waals surface area contributed by atoms with E-state index in [4.69, 9.17) is 11.6 Å². The average Bonchev–Trinajstić information content (AvgIpc) is 2.25. The Hall–Kier alpha value is -1.41. The van der Waals surface area contributed by atoms with E-state index in [-0.39, 0.29) is 5.82 Å². The van der Waals surface area contributed by atoms with Crippen molar-refractivity contribution in [1.29, 1.82) is 0 Å². The molecule has 82 valence electrons. The lowest BCUT2D eigenvalue weighted by Crippen LogP contribution is -1.96. The molecule has 0 saturated carbocycles. The van der Waals surface area contributed by atoms with Gasteiger partial charge >= 0.3 is 0 Å². The highest BCUT2D eigenvalue weighted by atomic mass is 35.5. The van der Waals surface area contributed by atoms with Crippen molar-refractivity contribution in [2.24, 2.45) is 0 Å². The van der Waals surface area contributed by atoms with Gasteiger partial charge in [-0.3, -0.25) is 4.98 Å². The topological polar surface area (TPSA) is 12.9 Å². The molecule has 2 aromatic rings. The van der Waals surface area contributed by atoms with Crippen molar-refractivity contribution < 1.29 is 4.39 Å². The molecular formula is C13H11ClFN. The van der Waals surface area contributed by atoms with Crippen molar-refractivity contribution in [3.63, 3.8) is 0 Å². The average molecular weight is 236 g/mol. The van der Waals surface area contributed by atoms with Crippen LogP contribution >= 0.6 is 11.6 Å². The molecule has 0 N–H and O–H groups in total. The SMILES string of the molecule is Cc1ccc(Cc2ncc(Cl)cc2F)cc1. The van der Waals surface area contributed by atoms with E-state index in [9.17, 15) is 4.39 Å². The molecule has 0 atom stereocenters. The highest BCUT2D eigenvalue weighted by molar-refractivity contribution is 6.30. The molecule has 16 heavy (non-hydrogen) atoms. The molecule has 2 rings (SSSR count). The Morgan fingerprint density at radius 3 is 2.56 bits per heavy atom. The summed E-state index contributed by atoms with van der Waals surface area (Å²) in [6.45, 7) is 2.02. The first-order valence-corrected chi connectivity index (χ1v) is 5.38. The summed E-state index contributed by atoms with van der Waals surface area (Å²) in [5.74, 6) is -0.354. The van der Waals surface area contributed by atoms with Gasteiger partial charge in [-0.25, -0.2) is 4.39 Å². The van der Waals surface area contributed by atoms with Crippen molar-refractivity contribution in [3.05, 3.63) is 64.2 Å². The lowest BCUT2D eigenvalue weighted by atomic mass is 10.1. The normalized spacial score (nSPS) is 10.4. The Bertz CT molecular complexity index is 494. The van der Waals surface area contributed by atoms with Gasteiger partial charge in [0, 0.05) is 12.6 Å². The van der Waals surface area contributed by atoms with E-state index < -0.39 is 0 Å². The maximum absolute atomic E-state index is 13.5. The van der Waals surface area contributed by atoms with E-state index in [1.54, 1.807) is 0 Å². The summed E-state index contributed by atoms with van der Waals surface area (Å²) in [6.07, 6.45) is 1.96. The molecule has 3 heteroatoms. The summed E-state index contributed by atoms with van der Waals surface area (Å²) in [5, 5.41) is 0.324. The summed E-state index contributed by atoms with van der Waals surface area (Å²) in [4.78, 5) is 3.99. The summed E-state index contributed by atoms with van der Waals surface area (Å²) in [6, 6.07) is 9.25. The number of benzene rings is 1. The van der Waals surface area contributed by atoms with Gasteiger partial charge in [-0.05, 0) is 18.6 Å². The van der Waals surface area contributed by atoms with Crippen LogP contribution in [0.3, 0.4) is 0 Å². The van der Waals surface area contributed by atoms with Crippen LogP contribution in [-0.2, 0) is 6.42 Å². The van der Waals surface area contributed by atoms with E-state index >= 15 is 0 Å². The van der Waals surface area contributed by atoms with Crippen LogP contribution in [-0.4, -0.2) is 4.98 Å². The van der Waals surface area contributed by atoms with Crippen LogP contribution in [0.2, 0.25) is 5.02 Å². The van der Waals surface area contributed by atoms with E-state index in [0.717, 1.165) is 5.56 Å². The number of hydrogen-bond donors (Lipinski definition) is 0. The van der Waals surface area contributed by atoms with Gasteiger partial charge in [0.2, 0.25) is 0 Å². The van der Waals surface area contributed by atoms with Gasteiger partial charge in [-0.2, -0.15) is 0 Å². The zero-order valence-corrected chi connectivity index (χ0v) is 9.63. The molecule has 0 aliphatic heterocycles. The van der Waals surface area contributed by atoms with Crippen molar-refractivity contribution in [1.82, 2.24) is 4.98 Å². The minimum atomic E-state index is -0.354. The molecule has 0 radical (unpaired) electrons. The molecule has 0 spiro atoms. The number of rotatable bonds is 2. The monoisotopic (exact) mass is 235 g/mol. The Labute approximate surface area is 98.9 Å². The number of aryl methyl sites for hydroxylation is 1. The first kappa shape index (κ1) is 11.1. The van der Waals surface area contributed by atoms with E-state index in [1.165, 1.54) is 17.8 Å². The molecule has 0 bridgehead atoms. The lowest BCUT2D eigenvalue weighted by molar-refractivity contribution is 0.604. The van der Waals surface area contributed by atoms with Crippen LogP contribution in [0.25, 0.3) is 0 Å². The smallest absolute Gasteiger partial charge is 0.146 e. The Morgan fingerprint density at radius 1 is 1.25 bits per heavy atom. The third kappa shape index (κ3) is 2.58. The zero-order valence-electron chi connectivity index (χ0n) is 8.87. The molecule has 0 saturated heterocycles. The predicted molar refractivity (Wildman–Crippen MR) is 63.2 cm³/mol. The fraction of sp³-hybridized carbons (Fsp3) is 0.154. The van der Waals surface area contributed by atoms with Gasteiger partial charge in [-0.1, -0.05) is 41.4 Å². The molecule has 0 unspecified atom stereocenters. The quantitative estimate of drug-likeness (QED) is 0.772. The van der Waals surface area contributed by atoms with E-state index in [0.29, 0.717) is 17.1 Å². The summed E-state index contributed by atoms with van der Waals surface area (Å²) >= 11 is 5.64. The second-order valence-electron chi connectivity index (χ2n) is 3.74. The first-order chi connectivity index (χ1) is 7.65. The third-order valence-electron chi connectivity index (χ3n) is 2.38. The van der Waals surface area contributed by atoms with E-state index in [1.807, 2.05) is 31.2 Å². The minimum absolute atomic E-state index is 0.324. The maximum Gasteiger partial charge on any atom is 0.146 e. The van der Waals surface area contributed by atoms with Crippen LogP contribution in [0, 0.1) is 12.7 Å². The standard InChI is InChI=1S/C13H11ClFN/c1-9-2-4-10(5-3-9)6-13-12(15)7-11(14)8-16-13/h2-5,7-8H,6H2,1H3. The zero-order chi connectivity index (χ0) is 11.5. The fourth-order valence-corrected chi connectivity index (χ4v) is 1.62. The Balaban J connectivity index is 2.23. The molecule has 1 nitrogen and oxygen atoms in total. The third-order valence-corrected chi connectivity index (χ3v) is 2.58. The van der Waals surface area contributed by atoms with Crippen molar-refractivity contribution >= 4 is 11.6 Å². The predicted octanol–water partition coefficient (Wildman–Crippen LogP) is 3.77. The largest absolute Gasteiger partial charge is 0.256 e. The number of pyridine rings is 1. The van der Waals surface area contributed by atoms with Crippen LogP contribution in [0.15, 0.2) is 36.5 Å². The molecule has 1 heterocycles. The summed E-state index contributed by atoms with van der Waals surface area (Å²) in [7, 11) is 0. The van der Waals surface area contributed by atoms with Crippen LogP contribution in [0.5, 0.6) is 0 Å². The molecule has 0 aliphatic carbocycles. The molecule has 1 aromatic carbocycles. The second-order valence-corrected chi connectivity index (χ2v) is 4.18. The van der Waals surface area contributed by atoms with Gasteiger partial charge in [-0.15, -0.1) is 0 Å². The van der Waals surface area contributed by atoms with Crippen LogP contribution in [0.4, 0.5) is 4.39 Å². The van der Waals surface area contributed by atoms with Gasteiger partial charge in [0.05, 0.1) is 10.7 Å². The van der Waals surface area contributed by atoms with Gasteiger partial charge < -0.3 is 0 Å². The highest BCUT2D eigenvalue weighted by Crippen LogP contribution is 2.15. The number of halogens is 2. The number of nitrogens with zero attached hydrogens (tertiary/aromatic N) is 1. The molecule has 0 aliphatic rings. The summed E-state index contributed by atoms with van der Waals surface area (Å²) < 4.78 is 13.5. The minimum Gasteiger partial charge on any atom is -0.256 e. The second kappa shape index (κ2) is 4.62. The molecular weight excluding hydrogens is 225 g/mol. The van der Waals surface area contributed by atoms with Crippen molar-refractivity contribution in [3.8, 4) is 0 Å². The lowest BCUT2D eigenvalue weighted by Gasteiger charge is -2.03. The number of hydrogen-bond acceptors (Lipinski definition) is 1. The first-order valence-electron chi connectivity index (χ1n) is 5.00. The van der Waals surface area contributed by atoms with Gasteiger partial charge in [0.1, 0.15) is 5.82 Å². The molecule has 0 amide bonds. The van der Waals surface area contributed by atoms with Gasteiger partial charge in [0.25, 0.3) is 0 Å². The van der Waals surface area contributed by atoms with Gasteiger partial charge in [0.15, 0.2) is 0 Å². The molecule has 1 aromatic heterocycles. The van der Waals surface area contributed by atoms with Crippen molar-refractivity contribution in [2.45, 2.75) is 13.3 Å². The van der Waals surface area contributed by atoms with Crippen LogP contribution < -0.4 is 0 Å². The Morgan fingerprint density at radius 2 is 1.94 bits per heavy atom. The van der Waals surface area contributed by atoms with Crippen molar-refractivity contribution in [2.75, 3.05) is 0 Å². The van der Waals surface area contributed by atoms with Crippen LogP contribution in [0.1, 0.15) is 16.8 Å². The Kier molecular flexibility index (Phi) is 3.20. The fourth-order valence-electron chi connectivity index (χ4n) is 1.47. The maximum atomic E-state index is 13.5. The number of aromatic nitrogens is 1. The molecule has 0 fully saturated rings. The summed E-state index contributed by atoms with van der Waals surface area (Å²) in [5.41, 5.74) is 2.65. The highest BCUT2D eigenvalue weighted by Gasteiger charge is 2.05.